The standard InChI is InChI=1S/C25H34N4O11/c1-6-17-7-8-18(19(13-17)36-12-11-35-10-9-27-29-26)28-25(33)40-24-22(38-16(4)31)20(37-15(3)30)14(2)21(39-24)23(32)34-5/h7-8,13-14,20-22,24H,6,9-12H2,1-5H3,(H,28,33)/t14-,20-,21-,22+,24-/m0/s1. The minimum absolute atomic E-state index is 0.135. The Balaban J connectivity index is 2.20. The molecule has 15 nitrogen and oxygen atoms in total. The number of amides is 1. The first-order valence-corrected chi connectivity index (χ1v) is 12.5. The molecule has 220 valence electrons. The topological polar surface area (TPSA) is 194 Å². The lowest BCUT2D eigenvalue weighted by atomic mass is 9.90. The van der Waals surface area contributed by atoms with Gasteiger partial charge in [0.05, 0.1) is 26.0 Å². The number of nitrogens with one attached hydrogen (secondary N) is 1. The van der Waals surface area contributed by atoms with E-state index in [9.17, 15) is 19.2 Å². The molecule has 1 aliphatic heterocycles. The first-order valence-electron chi connectivity index (χ1n) is 12.5. The molecule has 1 aliphatic rings. The number of aryl methyl sites for hydroxylation is 1. The number of ether oxygens (including phenoxy) is 7. The van der Waals surface area contributed by atoms with E-state index in [1.165, 1.54) is 0 Å². The lowest BCUT2D eigenvalue weighted by molar-refractivity contribution is -0.272. The monoisotopic (exact) mass is 566 g/mol. The molecule has 2 rings (SSSR count). The number of azide groups is 1. The molecule has 1 saturated heterocycles. The summed E-state index contributed by atoms with van der Waals surface area (Å²) in [6.07, 6.45) is -5.80. The van der Waals surface area contributed by atoms with Gasteiger partial charge < -0.3 is 33.2 Å². The zero-order valence-corrected chi connectivity index (χ0v) is 23.0. The molecule has 1 aromatic rings. The molecule has 1 fully saturated rings. The van der Waals surface area contributed by atoms with Crippen molar-refractivity contribution in [3.05, 3.63) is 34.2 Å². The van der Waals surface area contributed by atoms with E-state index in [4.69, 9.17) is 38.7 Å². The van der Waals surface area contributed by atoms with Gasteiger partial charge in [0.15, 0.2) is 12.2 Å². The predicted molar refractivity (Wildman–Crippen MR) is 137 cm³/mol. The molecule has 0 aromatic heterocycles. The third-order valence-electron chi connectivity index (χ3n) is 5.70. The van der Waals surface area contributed by atoms with Gasteiger partial charge >= 0.3 is 24.0 Å². The highest BCUT2D eigenvalue weighted by molar-refractivity contribution is 5.87. The second-order valence-corrected chi connectivity index (χ2v) is 8.59. The van der Waals surface area contributed by atoms with Gasteiger partial charge in [-0.2, -0.15) is 0 Å². The van der Waals surface area contributed by atoms with E-state index in [2.05, 4.69) is 15.3 Å². The van der Waals surface area contributed by atoms with Crippen molar-refractivity contribution in [1.29, 1.82) is 0 Å². The van der Waals surface area contributed by atoms with Crippen molar-refractivity contribution in [3.63, 3.8) is 0 Å². The fourth-order valence-electron chi connectivity index (χ4n) is 3.85. The number of benzene rings is 1. The molecule has 1 amide bonds. The van der Waals surface area contributed by atoms with Crippen molar-refractivity contribution in [2.75, 3.05) is 38.8 Å². The molecule has 40 heavy (non-hydrogen) atoms. The summed E-state index contributed by atoms with van der Waals surface area (Å²) in [5, 5.41) is 5.92. The summed E-state index contributed by atoms with van der Waals surface area (Å²) < 4.78 is 37.6. The van der Waals surface area contributed by atoms with Gasteiger partial charge in [0.1, 0.15) is 12.4 Å². The van der Waals surface area contributed by atoms with Crippen LogP contribution in [0.2, 0.25) is 0 Å². The molecule has 0 saturated carbocycles. The van der Waals surface area contributed by atoms with Crippen LogP contribution in [-0.4, -0.2) is 82.1 Å². The summed E-state index contributed by atoms with van der Waals surface area (Å²) >= 11 is 0. The molecule has 1 heterocycles. The van der Waals surface area contributed by atoms with Crippen LogP contribution in [0.5, 0.6) is 5.75 Å². The number of methoxy groups -OCH3 is 1. The van der Waals surface area contributed by atoms with Crippen LogP contribution in [0.3, 0.4) is 0 Å². The maximum atomic E-state index is 13.0. The fourth-order valence-corrected chi connectivity index (χ4v) is 3.85. The number of rotatable bonds is 13. The van der Waals surface area contributed by atoms with Gasteiger partial charge in [0, 0.05) is 31.2 Å². The van der Waals surface area contributed by atoms with E-state index in [-0.39, 0.29) is 32.1 Å². The van der Waals surface area contributed by atoms with Crippen LogP contribution in [-0.2, 0) is 49.2 Å². The van der Waals surface area contributed by atoms with E-state index in [0.29, 0.717) is 12.2 Å². The minimum atomic E-state index is -1.63. The minimum Gasteiger partial charge on any atom is -0.489 e. The van der Waals surface area contributed by atoms with Gasteiger partial charge in [-0.1, -0.05) is 25.0 Å². The van der Waals surface area contributed by atoms with E-state index in [1.54, 1.807) is 25.1 Å². The molecule has 0 spiro atoms. The first-order chi connectivity index (χ1) is 19.1. The zero-order chi connectivity index (χ0) is 29.7. The lowest BCUT2D eigenvalue weighted by Gasteiger charge is -2.42. The van der Waals surface area contributed by atoms with Crippen molar-refractivity contribution < 1.29 is 52.3 Å². The third-order valence-corrected chi connectivity index (χ3v) is 5.70. The SMILES string of the molecule is CCc1ccc(NC(=O)O[C@@H]2O[C@H](C(=O)OC)[C@@H](C)[C@H](OC(C)=O)[C@H]2OC(C)=O)c(OCCOCCN=[N+]=[N-])c1. The molecule has 5 atom stereocenters. The van der Waals surface area contributed by atoms with Crippen LogP contribution in [0.4, 0.5) is 10.5 Å². The molecule has 1 aromatic carbocycles. The number of nitrogens with zero attached hydrogens (tertiary/aromatic N) is 3. The van der Waals surface area contributed by atoms with Gasteiger partial charge in [-0.25, -0.2) is 9.59 Å². The Morgan fingerprint density at radius 1 is 1.05 bits per heavy atom. The first kappa shape index (κ1) is 32.1. The average molecular weight is 567 g/mol. The second-order valence-electron chi connectivity index (χ2n) is 8.59. The van der Waals surface area contributed by atoms with Crippen molar-refractivity contribution >= 4 is 29.7 Å². The van der Waals surface area contributed by atoms with Gasteiger partial charge in [0.25, 0.3) is 0 Å². The quantitative estimate of drug-likeness (QED) is 0.0921. The summed E-state index contributed by atoms with van der Waals surface area (Å²) in [7, 11) is 1.15. The average Bonchev–Trinajstić information content (AvgIpc) is 2.91. The second kappa shape index (κ2) is 16.1. The largest absolute Gasteiger partial charge is 0.489 e. The summed E-state index contributed by atoms with van der Waals surface area (Å²) in [6, 6.07) is 5.13. The van der Waals surface area contributed by atoms with Gasteiger partial charge in [0.2, 0.25) is 12.4 Å². The van der Waals surface area contributed by atoms with Gasteiger partial charge in [-0.05, 0) is 29.6 Å². The van der Waals surface area contributed by atoms with Crippen LogP contribution in [0.25, 0.3) is 10.4 Å². The van der Waals surface area contributed by atoms with Crippen LogP contribution in [0, 0.1) is 5.92 Å². The number of anilines is 1. The van der Waals surface area contributed by atoms with Crippen LogP contribution in [0.15, 0.2) is 23.3 Å². The molecular formula is C25H34N4O11. The number of carbonyl (C=O) groups excluding carboxylic acids is 4. The van der Waals surface area contributed by atoms with Crippen molar-refractivity contribution in [1.82, 2.24) is 0 Å². The summed E-state index contributed by atoms with van der Waals surface area (Å²) in [5.41, 5.74) is 9.49. The Hall–Kier alpha value is -4.07. The maximum Gasteiger partial charge on any atom is 0.414 e. The normalized spacial score (nSPS) is 21.8. The molecule has 0 aliphatic carbocycles. The highest BCUT2D eigenvalue weighted by atomic mass is 16.7. The summed E-state index contributed by atoms with van der Waals surface area (Å²) in [6.45, 7) is 6.51. The Morgan fingerprint density at radius 2 is 1.75 bits per heavy atom. The maximum absolute atomic E-state index is 13.0. The van der Waals surface area contributed by atoms with Crippen LogP contribution >= 0.6 is 0 Å². The molecule has 0 bridgehead atoms. The molecule has 0 unspecified atom stereocenters. The fraction of sp³-hybridized carbons (Fsp3) is 0.600. The Labute approximate surface area is 230 Å². The third kappa shape index (κ3) is 9.59. The summed E-state index contributed by atoms with van der Waals surface area (Å²) in [4.78, 5) is 51.6. The highest BCUT2D eigenvalue weighted by Crippen LogP contribution is 2.33. The van der Waals surface area contributed by atoms with E-state index in [1.807, 2.05) is 6.92 Å². The molecule has 15 heteroatoms. The number of esters is 3. The van der Waals surface area contributed by atoms with Crippen molar-refractivity contribution in [2.45, 2.75) is 58.7 Å². The van der Waals surface area contributed by atoms with Gasteiger partial charge in [-0.15, -0.1) is 0 Å². The smallest absolute Gasteiger partial charge is 0.414 e. The number of hydrogen-bond donors (Lipinski definition) is 1. The summed E-state index contributed by atoms with van der Waals surface area (Å²) in [5.74, 6) is -2.74. The van der Waals surface area contributed by atoms with E-state index in [0.717, 1.165) is 26.5 Å². The lowest BCUT2D eigenvalue weighted by Crippen LogP contribution is -2.59. The number of hydrogen-bond acceptors (Lipinski definition) is 12. The van der Waals surface area contributed by atoms with Crippen molar-refractivity contribution in [2.24, 2.45) is 11.0 Å². The molecule has 1 N–H and O–H groups in total. The predicted octanol–water partition coefficient (Wildman–Crippen LogP) is 2.90. The Kier molecular flexibility index (Phi) is 13.0. The Morgan fingerprint density at radius 3 is 2.38 bits per heavy atom. The van der Waals surface area contributed by atoms with E-state index < -0.39 is 54.5 Å². The zero-order valence-electron chi connectivity index (χ0n) is 23.0. The van der Waals surface area contributed by atoms with Crippen molar-refractivity contribution in [3.8, 4) is 5.75 Å². The van der Waals surface area contributed by atoms with Gasteiger partial charge in [-0.3, -0.25) is 14.9 Å². The molecular weight excluding hydrogens is 532 g/mol. The van der Waals surface area contributed by atoms with Crippen LogP contribution < -0.4 is 10.1 Å². The van der Waals surface area contributed by atoms with Crippen LogP contribution in [0.1, 0.15) is 33.3 Å². The van der Waals surface area contributed by atoms with E-state index >= 15 is 0 Å². The highest BCUT2D eigenvalue weighted by Gasteiger charge is 2.52. The molecule has 0 radical (unpaired) electrons. The number of carbonyl (C=O) groups is 4. The Bertz CT molecular complexity index is 1090.